The lowest BCUT2D eigenvalue weighted by molar-refractivity contribution is -0.134. The monoisotopic (exact) mass is 438 g/mol. The number of esters is 2. The highest BCUT2D eigenvalue weighted by atomic mass is 16.5. The molecule has 3 aromatic carbocycles. The summed E-state index contributed by atoms with van der Waals surface area (Å²) in [6, 6.07) is 21.0. The molecular weight excluding hydrogens is 412 g/mol. The van der Waals surface area contributed by atoms with Gasteiger partial charge in [0.25, 0.3) is 0 Å². The van der Waals surface area contributed by atoms with E-state index in [0.717, 1.165) is 27.8 Å². The summed E-state index contributed by atoms with van der Waals surface area (Å²) in [4.78, 5) is 23.2. The fourth-order valence-electron chi connectivity index (χ4n) is 3.13. The first-order valence-corrected chi connectivity index (χ1v) is 10.6. The Balaban J connectivity index is 1.90. The summed E-state index contributed by atoms with van der Waals surface area (Å²) in [7, 11) is 0. The third kappa shape index (κ3) is 6.17. The van der Waals surface area contributed by atoms with E-state index in [0.29, 0.717) is 23.5 Å². The second-order valence-electron chi connectivity index (χ2n) is 7.44. The number of carbonyl (C=O) groups excluding carboxylic acids is 2. The van der Waals surface area contributed by atoms with Crippen molar-refractivity contribution < 1.29 is 19.1 Å². The molecule has 0 atom stereocenters. The van der Waals surface area contributed by atoms with Crippen LogP contribution in [-0.2, 0) is 9.59 Å². The van der Waals surface area contributed by atoms with Crippen molar-refractivity contribution in [2.75, 3.05) is 0 Å². The minimum Gasteiger partial charge on any atom is -0.427 e. The lowest BCUT2D eigenvalue weighted by atomic mass is 9.94. The maximum Gasteiger partial charge on any atom is 0.338 e. The van der Waals surface area contributed by atoms with Gasteiger partial charge in [-0.15, -0.1) is 0 Å². The summed E-state index contributed by atoms with van der Waals surface area (Å²) in [5.41, 5.74) is 5.42. The molecule has 0 saturated carbocycles. The molecule has 4 heteroatoms. The number of ether oxygens (including phenoxy) is 2. The van der Waals surface area contributed by atoms with E-state index in [4.69, 9.17) is 9.47 Å². The van der Waals surface area contributed by atoms with Crippen LogP contribution in [0.3, 0.4) is 0 Å². The van der Waals surface area contributed by atoms with E-state index < -0.39 is 5.97 Å². The number of hydrogen-bond acceptors (Lipinski definition) is 4. The zero-order chi connectivity index (χ0) is 23.8. The van der Waals surface area contributed by atoms with Crippen LogP contribution in [0.25, 0.3) is 28.3 Å². The van der Waals surface area contributed by atoms with E-state index in [-0.39, 0.29) is 5.97 Å². The predicted octanol–water partition coefficient (Wildman–Crippen LogP) is 7.02. The van der Waals surface area contributed by atoms with Gasteiger partial charge in [0.2, 0.25) is 0 Å². The SMILES string of the molecule is C=C/C=C/c1cc(-c2ccc(OC(=O)CC)cc2)ccc1-c1ccc(OC(=O)C(=C)C)cc1. The van der Waals surface area contributed by atoms with Gasteiger partial charge >= 0.3 is 11.9 Å². The van der Waals surface area contributed by atoms with E-state index >= 15 is 0 Å². The molecule has 0 fully saturated rings. The molecule has 0 aromatic heterocycles. The highest BCUT2D eigenvalue weighted by Gasteiger charge is 2.09. The van der Waals surface area contributed by atoms with Gasteiger partial charge in [0.1, 0.15) is 11.5 Å². The minimum atomic E-state index is -0.447. The van der Waals surface area contributed by atoms with Gasteiger partial charge in [-0.05, 0) is 65.1 Å². The fourth-order valence-corrected chi connectivity index (χ4v) is 3.13. The van der Waals surface area contributed by atoms with Crippen LogP contribution in [0.4, 0.5) is 0 Å². The molecule has 0 unspecified atom stereocenters. The van der Waals surface area contributed by atoms with E-state index in [9.17, 15) is 9.59 Å². The minimum absolute atomic E-state index is 0.260. The van der Waals surface area contributed by atoms with E-state index in [1.807, 2.05) is 42.5 Å². The first-order chi connectivity index (χ1) is 15.9. The van der Waals surface area contributed by atoms with Gasteiger partial charge in [-0.2, -0.15) is 0 Å². The van der Waals surface area contributed by atoms with E-state index in [1.165, 1.54) is 0 Å². The summed E-state index contributed by atoms with van der Waals surface area (Å²) >= 11 is 0. The predicted molar refractivity (Wildman–Crippen MR) is 133 cm³/mol. The number of benzene rings is 3. The summed E-state index contributed by atoms with van der Waals surface area (Å²) in [5.74, 6) is 0.290. The fraction of sp³-hybridized carbons (Fsp3) is 0.103. The molecular formula is C29H26O4. The molecule has 0 amide bonds. The number of allylic oxidation sites excluding steroid dienone is 2. The molecule has 0 radical (unpaired) electrons. The van der Waals surface area contributed by atoms with Gasteiger partial charge < -0.3 is 9.47 Å². The summed E-state index contributed by atoms with van der Waals surface area (Å²) < 4.78 is 10.5. The lowest BCUT2D eigenvalue weighted by Crippen LogP contribution is -2.07. The van der Waals surface area contributed by atoms with Crippen molar-refractivity contribution in [3.05, 3.63) is 103 Å². The third-order valence-corrected chi connectivity index (χ3v) is 4.90. The van der Waals surface area contributed by atoms with Gasteiger partial charge in [0.05, 0.1) is 0 Å². The highest BCUT2D eigenvalue weighted by molar-refractivity contribution is 5.89. The van der Waals surface area contributed by atoms with Crippen LogP contribution < -0.4 is 9.47 Å². The normalized spacial score (nSPS) is 10.6. The van der Waals surface area contributed by atoms with Crippen LogP contribution in [0.1, 0.15) is 25.8 Å². The second-order valence-corrected chi connectivity index (χ2v) is 7.44. The first-order valence-electron chi connectivity index (χ1n) is 10.6. The molecule has 0 aliphatic heterocycles. The van der Waals surface area contributed by atoms with Gasteiger partial charge in [-0.3, -0.25) is 4.79 Å². The standard InChI is InChI=1S/C29H26O4/c1-5-7-8-24-19-23(21-9-14-25(15-10-21)32-28(30)6-2)13-18-27(24)22-11-16-26(17-12-22)33-29(31)20(3)4/h5,7-19H,1,3,6H2,2,4H3/b8-7+. The Hall–Kier alpha value is -4.18. The topological polar surface area (TPSA) is 52.6 Å². The first kappa shape index (κ1) is 23.5. The molecule has 166 valence electrons. The van der Waals surface area contributed by atoms with Crippen LogP contribution in [0, 0.1) is 0 Å². The van der Waals surface area contributed by atoms with Crippen molar-refractivity contribution in [2.24, 2.45) is 0 Å². The van der Waals surface area contributed by atoms with Gasteiger partial charge in [-0.1, -0.05) is 74.7 Å². The van der Waals surface area contributed by atoms with Crippen LogP contribution >= 0.6 is 0 Å². The lowest BCUT2D eigenvalue weighted by Gasteiger charge is -2.11. The molecule has 33 heavy (non-hydrogen) atoms. The average molecular weight is 439 g/mol. The maximum absolute atomic E-state index is 11.7. The maximum atomic E-state index is 11.7. The van der Waals surface area contributed by atoms with Gasteiger partial charge in [0, 0.05) is 12.0 Å². The van der Waals surface area contributed by atoms with Crippen LogP contribution in [0.15, 0.2) is 97.6 Å². The largest absolute Gasteiger partial charge is 0.427 e. The molecule has 0 heterocycles. The van der Waals surface area contributed by atoms with Gasteiger partial charge in [0.15, 0.2) is 0 Å². The Kier molecular flexibility index (Phi) is 7.77. The van der Waals surface area contributed by atoms with Crippen LogP contribution in [0.5, 0.6) is 11.5 Å². The Morgan fingerprint density at radius 2 is 1.42 bits per heavy atom. The average Bonchev–Trinajstić information content (AvgIpc) is 2.83. The Morgan fingerprint density at radius 1 is 0.848 bits per heavy atom. The summed E-state index contributed by atoms with van der Waals surface area (Å²) in [5, 5.41) is 0. The molecule has 0 aliphatic rings. The molecule has 0 saturated heterocycles. The zero-order valence-electron chi connectivity index (χ0n) is 18.8. The van der Waals surface area contributed by atoms with Crippen molar-refractivity contribution in [3.8, 4) is 33.8 Å². The molecule has 0 N–H and O–H groups in total. The Bertz CT molecular complexity index is 1200. The third-order valence-electron chi connectivity index (χ3n) is 4.90. The molecule has 4 nitrogen and oxygen atoms in total. The van der Waals surface area contributed by atoms with Gasteiger partial charge in [-0.25, -0.2) is 4.79 Å². The summed E-state index contributed by atoms with van der Waals surface area (Å²) in [6.45, 7) is 10.7. The Morgan fingerprint density at radius 3 is 2.00 bits per heavy atom. The van der Waals surface area contributed by atoms with E-state index in [1.54, 1.807) is 44.2 Å². The number of carbonyl (C=O) groups is 2. The van der Waals surface area contributed by atoms with Crippen molar-refractivity contribution in [2.45, 2.75) is 20.3 Å². The summed E-state index contributed by atoms with van der Waals surface area (Å²) in [6.07, 6.45) is 5.95. The van der Waals surface area contributed by atoms with Crippen LogP contribution in [0.2, 0.25) is 0 Å². The Labute approximate surface area is 194 Å². The molecule has 0 aliphatic carbocycles. The molecule has 0 spiro atoms. The quantitative estimate of drug-likeness (QED) is 0.164. The van der Waals surface area contributed by atoms with Crippen molar-refractivity contribution in [3.63, 3.8) is 0 Å². The van der Waals surface area contributed by atoms with Crippen molar-refractivity contribution in [1.29, 1.82) is 0 Å². The van der Waals surface area contributed by atoms with Crippen molar-refractivity contribution in [1.82, 2.24) is 0 Å². The van der Waals surface area contributed by atoms with E-state index in [2.05, 4.69) is 25.3 Å². The number of hydrogen-bond donors (Lipinski definition) is 0. The smallest absolute Gasteiger partial charge is 0.338 e. The number of rotatable bonds is 8. The molecule has 0 bridgehead atoms. The molecule has 3 rings (SSSR count). The van der Waals surface area contributed by atoms with Crippen molar-refractivity contribution >= 4 is 18.0 Å². The second kappa shape index (κ2) is 10.9. The zero-order valence-corrected chi connectivity index (χ0v) is 18.8. The van der Waals surface area contributed by atoms with Crippen LogP contribution in [-0.4, -0.2) is 11.9 Å². The molecule has 3 aromatic rings. The highest BCUT2D eigenvalue weighted by Crippen LogP contribution is 2.32.